The highest BCUT2D eigenvalue weighted by Gasteiger charge is 2.22. The summed E-state index contributed by atoms with van der Waals surface area (Å²) < 4.78 is 19.6. The van der Waals surface area contributed by atoms with E-state index in [0.717, 1.165) is 11.6 Å². The zero-order chi connectivity index (χ0) is 20.3. The van der Waals surface area contributed by atoms with Crippen molar-refractivity contribution >= 4 is 11.7 Å². The molecule has 1 N–H and O–H groups in total. The fourth-order valence-corrected chi connectivity index (χ4v) is 2.96. The Morgan fingerprint density at radius 3 is 2.50 bits per heavy atom. The monoisotopic (exact) mass is 381 g/mol. The minimum absolute atomic E-state index is 0.156. The summed E-state index contributed by atoms with van der Waals surface area (Å²) >= 11 is 0. The van der Waals surface area contributed by atoms with Crippen LogP contribution in [0.2, 0.25) is 0 Å². The summed E-state index contributed by atoms with van der Waals surface area (Å²) in [6, 6.07) is 15.3. The van der Waals surface area contributed by atoms with E-state index in [1.807, 2.05) is 30.3 Å². The number of carbonyl (C=O) groups is 1. The third-order valence-corrected chi connectivity index (χ3v) is 4.21. The van der Waals surface area contributed by atoms with E-state index < -0.39 is 16.7 Å². The molecule has 3 rings (SSSR count). The number of nitro groups is 1. The number of non-ortho nitro benzene ring substituents is 1. The molecule has 0 bridgehead atoms. The second-order valence-electron chi connectivity index (χ2n) is 6.16. The lowest BCUT2D eigenvalue weighted by molar-refractivity contribution is -0.384. The van der Waals surface area contributed by atoms with Gasteiger partial charge in [0.25, 0.3) is 5.69 Å². The number of ether oxygens (including phenoxy) is 1. The van der Waals surface area contributed by atoms with Crippen molar-refractivity contribution in [2.24, 2.45) is 0 Å². The summed E-state index contributed by atoms with van der Waals surface area (Å²) in [5, 5.41) is 20.7. The van der Waals surface area contributed by atoms with Gasteiger partial charge < -0.3 is 9.84 Å². The molecule has 0 spiro atoms. The Bertz CT molecular complexity index is 1050. The molecule has 0 aromatic heterocycles. The van der Waals surface area contributed by atoms with Crippen molar-refractivity contribution in [2.75, 3.05) is 0 Å². The summed E-state index contributed by atoms with van der Waals surface area (Å²) in [6.07, 6.45) is 0. The first-order valence-corrected chi connectivity index (χ1v) is 8.36. The van der Waals surface area contributed by atoms with E-state index in [4.69, 9.17) is 4.74 Å². The van der Waals surface area contributed by atoms with Crippen LogP contribution in [0, 0.1) is 22.9 Å². The Labute approximate surface area is 160 Å². The maximum absolute atomic E-state index is 13.8. The second-order valence-corrected chi connectivity index (χ2v) is 6.16. The minimum Gasteiger partial charge on any atom is -0.488 e. The van der Waals surface area contributed by atoms with Crippen molar-refractivity contribution in [3.63, 3.8) is 0 Å². The van der Waals surface area contributed by atoms with Gasteiger partial charge in [-0.15, -0.1) is 0 Å². The van der Waals surface area contributed by atoms with Crippen molar-refractivity contribution in [1.29, 1.82) is 0 Å². The van der Waals surface area contributed by atoms with Crippen LogP contribution in [0.15, 0.2) is 60.7 Å². The molecule has 0 fully saturated rings. The molecule has 0 saturated heterocycles. The molecular weight excluding hydrogens is 365 g/mol. The third-order valence-electron chi connectivity index (χ3n) is 4.21. The van der Waals surface area contributed by atoms with Crippen LogP contribution in [0.1, 0.15) is 21.5 Å². The van der Waals surface area contributed by atoms with Crippen LogP contribution in [0.25, 0.3) is 11.1 Å². The van der Waals surface area contributed by atoms with Gasteiger partial charge in [-0.25, -0.2) is 9.18 Å². The van der Waals surface area contributed by atoms with E-state index in [0.29, 0.717) is 11.1 Å². The quantitative estimate of drug-likeness (QED) is 0.480. The Kier molecular flexibility index (Phi) is 5.35. The zero-order valence-corrected chi connectivity index (χ0v) is 14.9. The van der Waals surface area contributed by atoms with Crippen LogP contribution in [0.3, 0.4) is 0 Å². The number of carboxylic acid groups (broad SMARTS) is 1. The van der Waals surface area contributed by atoms with Gasteiger partial charge in [-0.2, -0.15) is 0 Å². The van der Waals surface area contributed by atoms with Crippen molar-refractivity contribution in [3.8, 4) is 16.9 Å². The molecule has 0 aliphatic rings. The van der Waals surface area contributed by atoms with Crippen molar-refractivity contribution < 1.29 is 24.0 Å². The van der Waals surface area contributed by atoms with Crippen molar-refractivity contribution in [3.05, 3.63) is 93.3 Å². The summed E-state index contributed by atoms with van der Waals surface area (Å²) in [7, 11) is 0. The van der Waals surface area contributed by atoms with Crippen molar-refractivity contribution in [1.82, 2.24) is 0 Å². The average molecular weight is 381 g/mol. The summed E-state index contributed by atoms with van der Waals surface area (Å²) in [5.41, 5.74) is 1.26. The number of aryl methyl sites for hydroxylation is 1. The smallest absolute Gasteiger partial charge is 0.336 e. The standard InChI is InChI=1S/C21H16FNO5/c1-13-9-16(23(26)27)11-18(21(24)25)20(13)17-8-7-15(22)10-19(17)28-12-14-5-3-2-4-6-14/h2-11H,12H2,1H3,(H,24,25). The van der Waals surface area contributed by atoms with Gasteiger partial charge >= 0.3 is 5.97 Å². The van der Waals surface area contributed by atoms with Gasteiger partial charge in [0.2, 0.25) is 0 Å². The van der Waals surface area contributed by atoms with Crippen molar-refractivity contribution in [2.45, 2.75) is 13.5 Å². The minimum atomic E-state index is -1.32. The first-order chi connectivity index (χ1) is 13.4. The van der Waals surface area contributed by atoms with Gasteiger partial charge in [0.05, 0.1) is 10.5 Å². The number of hydrogen-bond donors (Lipinski definition) is 1. The highest BCUT2D eigenvalue weighted by molar-refractivity contribution is 5.99. The van der Waals surface area contributed by atoms with Gasteiger partial charge in [0, 0.05) is 29.3 Å². The molecule has 3 aromatic rings. The van der Waals surface area contributed by atoms with E-state index >= 15 is 0 Å². The van der Waals surface area contributed by atoms with Gasteiger partial charge in [-0.3, -0.25) is 10.1 Å². The normalized spacial score (nSPS) is 10.5. The number of aromatic carboxylic acids is 1. The van der Waals surface area contributed by atoms with Gasteiger partial charge in [0.15, 0.2) is 0 Å². The molecule has 0 heterocycles. The van der Waals surface area contributed by atoms with Gasteiger partial charge in [-0.05, 0) is 30.2 Å². The van der Waals surface area contributed by atoms with Gasteiger partial charge in [-0.1, -0.05) is 30.3 Å². The zero-order valence-electron chi connectivity index (χ0n) is 14.9. The largest absolute Gasteiger partial charge is 0.488 e. The summed E-state index contributed by atoms with van der Waals surface area (Å²) in [6.45, 7) is 1.73. The van der Waals surface area contributed by atoms with E-state index in [1.165, 1.54) is 24.3 Å². The number of nitro benzene ring substituents is 1. The molecule has 0 aliphatic heterocycles. The number of carboxylic acids is 1. The first kappa shape index (κ1) is 19.0. The Hall–Kier alpha value is -3.74. The lowest BCUT2D eigenvalue weighted by atomic mass is 9.93. The number of halogens is 1. The molecule has 142 valence electrons. The number of benzene rings is 3. The maximum atomic E-state index is 13.8. The Morgan fingerprint density at radius 1 is 1.14 bits per heavy atom. The molecule has 28 heavy (non-hydrogen) atoms. The SMILES string of the molecule is Cc1cc([N+](=O)[O-])cc(C(=O)O)c1-c1ccc(F)cc1OCc1ccccc1. The summed E-state index contributed by atoms with van der Waals surface area (Å²) in [5.74, 6) is -1.70. The van der Waals surface area contributed by atoms with Crippen LogP contribution >= 0.6 is 0 Å². The van der Waals surface area contributed by atoms with Crippen LogP contribution in [-0.4, -0.2) is 16.0 Å². The second kappa shape index (κ2) is 7.87. The average Bonchev–Trinajstić information content (AvgIpc) is 2.67. The van der Waals surface area contributed by atoms with Gasteiger partial charge in [0.1, 0.15) is 18.2 Å². The number of hydrogen-bond acceptors (Lipinski definition) is 4. The summed E-state index contributed by atoms with van der Waals surface area (Å²) in [4.78, 5) is 22.2. The lowest BCUT2D eigenvalue weighted by Gasteiger charge is -2.16. The maximum Gasteiger partial charge on any atom is 0.336 e. The molecule has 0 unspecified atom stereocenters. The lowest BCUT2D eigenvalue weighted by Crippen LogP contribution is -2.05. The molecule has 0 saturated carbocycles. The van der Waals surface area contributed by atoms with Crippen LogP contribution in [0.5, 0.6) is 5.75 Å². The predicted octanol–water partition coefficient (Wildman–Crippen LogP) is 4.99. The molecule has 7 heteroatoms. The number of nitrogens with zero attached hydrogens (tertiary/aromatic N) is 1. The topological polar surface area (TPSA) is 89.7 Å². The van der Waals surface area contributed by atoms with Crippen LogP contribution in [0.4, 0.5) is 10.1 Å². The fraction of sp³-hybridized carbons (Fsp3) is 0.0952. The Morgan fingerprint density at radius 2 is 1.86 bits per heavy atom. The van der Waals surface area contributed by atoms with Crippen LogP contribution in [-0.2, 0) is 6.61 Å². The molecular formula is C21H16FNO5. The fourth-order valence-electron chi connectivity index (χ4n) is 2.96. The van der Waals surface area contributed by atoms with E-state index in [1.54, 1.807) is 6.92 Å². The van der Waals surface area contributed by atoms with E-state index in [9.17, 15) is 24.4 Å². The highest BCUT2D eigenvalue weighted by atomic mass is 19.1. The molecule has 6 nitrogen and oxygen atoms in total. The predicted molar refractivity (Wildman–Crippen MR) is 101 cm³/mol. The Balaban J connectivity index is 2.11. The molecule has 3 aromatic carbocycles. The molecule has 0 radical (unpaired) electrons. The first-order valence-electron chi connectivity index (χ1n) is 8.36. The van der Waals surface area contributed by atoms with Crippen LogP contribution < -0.4 is 4.74 Å². The number of rotatable bonds is 6. The molecule has 0 amide bonds. The molecule has 0 atom stereocenters. The van der Waals surface area contributed by atoms with E-state index in [-0.39, 0.29) is 29.2 Å². The third kappa shape index (κ3) is 3.98. The molecule has 0 aliphatic carbocycles. The van der Waals surface area contributed by atoms with E-state index in [2.05, 4.69) is 0 Å². The highest BCUT2D eigenvalue weighted by Crippen LogP contribution is 2.38.